The van der Waals surface area contributed by atoms with Crippen molar-refractivity contribution in [3.8, 4) is 11.4 Å². The van der Waals surface area contributed by atoms with E-state index in [1.807, 2.05) is 18.2 Å². The highest BCUT2D eigenvalue weighted by Gasteiger charge is 2.34. The number of anilines is 1. The Bertz CT molecular complexity index is 1160. The van der Waals surface area contributed by atoms with E-state index in [4.69, 9.17) is 5.73 Å². The number of aromatic nitrogens is 3. The number of nitrogens with two attached hydrogens (primary N) is 1. The van der Waals surface area contributed by atoms with Crippen molar-refractivity contribution >= 4 is 16.7 Å². The summed E-state index contributed by atoms with van der Waals surface area (Å²) in [6, 6.07) is 9.76. The van der Waals surface area contributed by atoms with Crippen molar-refractivity contribution in [2.24, 2.45) is 10.8 Å². The van der Waals surface area contributed by atoms with Gasteiger partial charge in [-0.2, -0.15) is 0 Å². The molecule has 0 atom stereocenters. The molecule has 0 fully saturated rings. The molecule has 3 N–H and O–H groups in total. The minimum atomic E-state index is -0.234. The molecule has 0 saturated carbocycles. The molecule has 2 aromatic carbocycles. The van der Waals surface area contributed by atoms with Crippen LogP contribution in [0.1, 0.15) is 93.2 Å². The molecule has 33 heavy (non-hydrogen) atoms. The summed E-state index contributed by atoms with van der Waals surface area (Å²) in [5.41, 5.74) is 10.7. The number of rotatable bonds is 5. The van der Waals surface area contributed by atoms with Gasteiger partial charge in [-0.3, -0.25) is 0 Å². The first-order valence-electron chi connectivity index (χ1n) is 11.9. The monoisotopic (exact) mass is 450 g/mol. The van der Waals surface area contributed by atoms with Crippen molar-refractivity contribution in [3.05, 3.63) is 41.5 Å². The molecule has 5 nitrogen and oxygen atoms in total. The fraction of sp³-hybridized carbons (Fsp3) is 0.571. The Kier molecular flexibility index (Phi) is 6.10. The SMILES string of the molecule is CC(C)(C)CC(C)(C)c1cc(-n2nc3ccc(N)cc3n2)c(O)c(C(C)(C)CC(C)(C)C)c1. The minimum absolute atomic E-state index is 0.0930. The highest BCUT2D eigenvalue weighted by Crippen LogP contribution is 2.45. The van der Waals surface area contributed by atoms with Gasteiger partial charge in [0.2, 0.25) is 0 Å². The highest BCUT2D eigenvalue weighted by molar-refractivity contribution is 5.78. The third kappa shape index (κ3) is 5.69. The summed E-state index contributed by atoms with van der Waals surface area (Å²) in [6.07, 6.45) is 1.94. The molecular weight excluding hydrogens is 408 g/mol. The van der Waals surface area contributed by atoms with Gasteiger partial charge in [0, 0.05) is 11.3 Å². The number of nitrogen functional groups attached to an aromatic ring is 1. The lowest BCUT2D eigenvalue weighted by Gasteiger charge is -2.37. The Balaban J connectivity index is 2.27. The molecule has 3 rings (SSSR count). The van der Waals surface area contributed by atoms with Gasteiger partial charge < -0.3 is 10.8 Å². The molecule has 180 valence electrons. The summed E-state index contributed by atoms with van der Waals surface area (Å²) in [5, 5.41) is 20.9. The lowest BCUT2D eigenvalue weighted by Crippen LogP contribution is -2.28. The van der Waals surface area contributed by atoms with Gasteiger partial charge in [0.25, 0.3) is 0 Å². The first-order valence-corrected chi connectivity index (χ1v) is 11.9. The summed E-state index contributed by atoms with van der Waals surface area (Å²) in [4.78, 5) is 1.56. The maximum atomic E-state index is 11.6. The van der Waals surface area contributed by atoms with Crippen molar-refractivity contribution < 1.29 is 5.11 Å². The summed E-state index contributed by atoms with van der Waals surface area (Å²) in [5.74, 6) is 0.243. The van der Waals surface area contributed by atoms with E-state index in [0.29, 0.717) is 16.9 Å². The molecule has 0 aliphatic heterocycles. The van der Waals surface area contributed by atoms with Crippen LogP contribution in [0.2, 0.25) is 0 Å². The van der Waals surface area contributed by atoms with Crippen molar-refractivity contribution in [2.75, 3.05) is 5.73 Å². The van der Waals surface area contributed by atoms with Crippen molar-refractivity contribution in [1.29, 1.82) is 0 Å². The van der Waals surface area contributed by atoms with Crippen LogP contribution in [0.15, 0.2) is 30.3 Å². The maximum Gasteiger partial charge on any atom is 0.146 e. The highest BCUT2D eigenvalue weighted by atomic mass is 16.3. The second kappa shape index (κ2) is 8.03. The lowest BCUT2D eigenvalue weighted by molar-refractivity contribution is 0.274. The van der Waals surface area contributed by atoms with Gasteiger partial charge in [-0.05, 0) is 64.3 Å². The predicted molar refractivity (Wildman–Crippen MR) is 139 cm³/mol. The molecule has 1 heterocycles. The smallest absolute Gasteiger partial charge is 0.146 e. The summed E-state index contributed by atoms with van der Waals surface area (Å²) in [6.45, 7) is 22.5. The standard InChI is InChI=1S/C28H42N4O/c1-25(2,3)16-27(7,8)18-13-20(28(9,10)17-26(4,5)6)24(33)23(14-18)32-30-21-12-11-19(29)15-22(21)31-32/h11-15,33H,16-17,29H2,1-10H3. The molecule has 3 aromatic rings. The molecule has 0 amide bonds. The predicted octanol–water partition coefficient (Wildman–Crippen LogP) is 7.14. The fourth-order valence-corrected chi connectivity index (χ4v) is 5.57. The van der Waals surface area contributed by atoms with E-state index in [1.165, 1.54) is 5.56 Å². The quantitative estimate of drug-likeness (QED) is 0.405. The van der Waals surface area contributed by atoms with Crippen LogP contribution in [-0.2, 0) is 10.8 Å². The van der Waals surface area contributed by atoms with Crippen LogP contribution in [0.5, 0.6) is 5.75 Å². The zero-order valence-corrected chi connectivity index (χ0v) is 22.2. The third-order valence-electron chi connectivity index (χ3n) is 6.16. The van der Waals surface area contributed by atoms with Gasteiger partial charge in [-0.15, -0.1) is 15.0 Å². The Morgan fingerprint density at radius 2 is 1.30 bits per heavy atom. The second-order valence-corrected chi connectivity index (χ2v) is 13.4. The van der Waals surface area contributed by atoms with E-state index in [0.717, 1.165) is 23.9 Å². The van der Waals surface area contributed by atoms with Crippen LogP contribution in [0.4, 0.5) is 5.69 Å². The number of nitrogens with zero attached hydrogens (tertiary/aromatic N) is 3. The zero-order valence-electron chi connectivity index (χ0n) is 22.2. The Morgan fingerprint density at radius 1 is 0.758 bits per heavy atom. The minimum Gasteiger partial charge on any atom is -0.505 e. The van der Waals surface area contributed by atoms with Crippen LogP contribution in [0.25, 0.3) is 16.7 Å². The Morgan fingerprint density at radius 3 is 1.88 bits per heavy atom. The second-order valence-electron chi connectivity index (χ2n) is 13.4. The van der Waals surface area contributed by atoms with Crippen molar-refractivity contribution in [3.63, 3.8) is 0 Å². The van der Waals surface area contributed by atoms with Gasteiger partial charge in [-0.25, -0.2) is 0 Å². The largest absolute Gasteiger partial charge is 0.505 e. The van der Waals surface area contributed by atoms with E-state index in [9.17, 15) is 5.11 Å². The number of benzene rings is 2. The maximum absolute atomic E-state index is 11.6. The molecular formula is C28H42N4O. The third-order valence-corrected chi connectivity index (χ3v) is 6.16. The van der Waals surface area contributed by atoms with Gasteiger partial charge >= 0.3 is 0 Å². The van der Waals surface area contributed by atoms with Gasteiger partial charge in [0.05, 0.1) is 0 Å². The van der Waals surface area contributed by atoms with E-state index in [1.54, 1.807) is 4.80 Å². The molecule has 0 unspecified atom stereocenters. The first kappa shape index (κ1) is 25.1. The average Bonchev–Trinajstić information content (AvgIpc) is 3.00. The number of aromatic hydroxyl groups is 1. The van der Waals surface area contributed by atoms with Gasteiger partial charge in [0.1, 0.15) is 22.5 Å². The summed E-state index contributed by atoms with van der Waals surface area (Å²) in [7, 11) is 0. The van der Waals surface area contributed by atoms with Crippen LogP contribution in [0.3, 0.4) is 0 Å². The van der Waals surface area contributed by atoms with Crippen molar-refractivity contribution in [2.45, 2.75) is 92.9 Å². The molecule has 0 aliphatic rings. The number of hydrogen-bond acceptors (Lipinski definition) is 4. The summed E-state index contributed by atoms with van der Waals surface area (Å²) >= 11 is 0. The summed E-state index contributed by atoms with van der Waals surface area (Å²) < 4.78 is 0. The molecule has 5 heteroatoms. The lowest BCUT2D eigenvalue weighted by atomic mass is 9.68. The number of fused-ring (bicyclic) bond motifs is 1. The van der Waals surface area contributed by atoms with Crippen LogP contribution in [-0.4, -0.2) is 20.1 Å². The molecule has 0 spiro atoms. The Labute approximate surface area is 199 Å². The molecule has 0 bridgehead atoms. The fourth-order valence-electron chi connectivity index (χ4n) is 5.57. The van der Waals surface area contributed by atoms with Gasteiger partial charge in [-0.1, -0.05) is 75.3 Å². The molecule has 0 saturated heterocycles. The van der Waals surface area contributed by atoms with E-state index in [2.05, 4.69) is 91.6 Å². The van der Waals surface area contributed by atoms with Crippen LogP contribution < -0.4 is 5.73 Å². The van der Waals surface area contributed by atoms with Crippen LogP contribution in [0, 0.1) is 10.8 Å². The zero-order chi connectivity index (χ0) is 25.0. The van der Waals surface area contributed by atoms with E-state index < -0.39 is 0 Å². The topological polar surface area (TPSA) is 77.0 Å². The normalized spacial score (nSPS) is 13.6. The van der Waals surface area contributed by atoms with E-state index >= 15 is 0 Å². The van der Waals surface area contributed by atoms with Crippen molar-refractivity contribution in [1.82, 2.24) is 15.0 Å². The number of phenols is 1. The van der Waals surface area contributed by atoms with Crippen LogP contribution >= 0.6 is 0 Å². The average molecular weight is 451 g/mol. The molecule has 0 radical (unpaired) electrons. The number of hydrogen-bond donors (Lipinski definition) is 2. The van der Waals surface area contributed by atoms with E-state index in [-0.39, 0.29) is 27.4 Å². The first-order chi connectivity index (χ1) is 14.9. The molecule has 1 aromatic heterocycles. The Hall–Kier alpha value is -2.56. The number of phenolic OH excluding ortho intramolecular Hbond substituents is 1. The molecule has 0 aliphatic carbocycles. The van der Waals surface area contributed by atoms with Gasteiger partial charge in [0.15, 0.2) is 0 Å².